The Bertz CT molecular complexity index is 554. The molecule has 0 unspecified atom stereocenters. The molecule has 4 nitrogen and oxygen atoms in total. The van der Waals surface area contributed by atoms with E-state index in [0.717, 1.165) is 30.2 Å². The van der Waals surface area contributed by atoms with E-state index in [-0.39, 0.29) is 0 Å². The monoisotopic (exact) mass is 255 g/mol. The minimum absolute atomic E-state index is 0.527. The Hall–Kier alpha value is -2.07. The summed E-state index contributed by atoms with van der Waals surface area (Å²) < 4.78 is 5.76. The highest BCUT2D eigenvalue weighted by Gasteiger charge is 2.15. The van der Waals surface area contributed by atoms with Crippen molar-refractivity contribution >= 4 is 5.82 Å². The predicted molar refractivity (Wildman–Crippen MR) is 75.1 cm³/mol. The molecule has 1 aliphatic heterocycles. The molecule has 0 amide bonds. The zero-order valence-electron chi connectivity index (χ0n) is 10.7. The van der Waals surface area contributed by atoms with Gasteiger partial charge in [0.1, 0.15) is 18.2 Å². The summed E-state index contributed by atoms with van der Waals surface area (Å²) in [5, 5.41) is 0. The summed E-state index contributed by atoms with van der Waals surface area (Å²) in [7, 11) is 0. The van der Waals surface area contributed by atoms with Gasteiger partial charge in [-0.05, 0) is 17.7 Å². The van der Waals surface area contributed by atoms with E-state index in [9.17, 15) is 0 Å². The maximum absolute atomic E-state index is 5.76. The summed E-state index contributed by atoms with van der Waals surface area (Å²) in [6.45, 7) is 2.87. The topological polar surface area (TPSA) is 51.4 Å². The largest absolute Gasteiger partial charge is 0.491 e. The number of nitrogens with zero attached hydrogens (tertiary/aromatic N) is 2. The van der Waals surface area contributed by atoms with Crippen LogP contribution in [0.25, 0.3) is 0 Å². The molecule has 2 aromatic rings. The van der Waals surface area contributed by atoms with E-state index >= 15 is 0 Å². The van der Waals surface area contributed by atoms with Crippen LogP contribution in [0.2, 0.25) is 0 Å². The average molecular weight is 255 g/mol. The summed E-state index contributed by atoms with van der Waals surface area (Å²) in [4.78, 5) is 6.71. The third-order valence-electron chi connectivity index (χ3n) is 3.32. The highest BCUT2D eigenvalue weighted by molar-refractivity contribution is 5.44. The molecule has 0 aliphatic carbocycles. The second-order valence-corrected chi connectivity index (χ2v) is 4.61. The maximum atomic E-state index is 5.76. The van der Waals surface area contributed by atoms with Gasteiger partial charge in [-0.25, -0.2) is 4.98 Å². The van der Waals surface area contributed by atoms with Crippen LogP contribution in [0.4, 0.5) is 5.82 Å². The zero-order chi connectivity index (χ0) is 13.1. The van der Waals surface area contributed by atoms with E-state index in [1.54, 1.807) is 0 Å². The SMILES string of the molecule is NCc1ccc(N2CCOc3ccccc3C2)nc1. The molecule has 0 fully saturated rings. The van der Waals surface area contributed by atoms with Gasteiger partial charge in [-0.1, -0.05) is 24.3 Å². The number of fused-ring (bicyclic) bond motifs is 1. The first-order valence-electron chi connectivity index (χ1n) is 6.47. The number of para-hydroxylation sites is 1. The molecule has 1 aromatic carbocycles. The molecular formula is C15H17N3O. The van der Waals surface area contributed by atoms with Crippen molar-refractivity contribution in [2.45, 2.75) is 13.1 Å². The number of benzene rings is 1. The molecular weight excluding hydrogens is 238 g/mol. The molecule has 2 N–H and O–H groups in total. The minimum atomic E-state index is 0.527. The number of anilines is 1. The van der Waals surface area contributed by atoms with Crippen molar-refractivity contribution in [3.8, 4) is 5.75 Å². The van der Waals surface area contributed by atoms with Gasteiger partial charge in [-0.3, -0.25) is 0 Å². The van der Waals surface area contributed by atoms with Crippen LogP contribution in [0.1, 0.15) is 11.1 Å². The van der Waals surface area contributed by atoms with Crippen molar-refractivity contribution in [2.75, 3.05) is 18.1 Å². The Balaban J connectivity index is 1.85. The number of pyridine rings is 1. The first kappa shape index (κ1) is 12.0. The van der Waals surface area contributed by atoms with Crippen molar-refractivity contribution in [2.24, 2.45) is 5.73 Å². The van der Waals surface area contributed by atoms with E-state index in [1.165, 1.54) is 5.56 Å². The van der Waals surface area contributed by atoms with Crippen molar-refractivity contribution in [1.82, 2.24) is 4.98 Å². The Labute approximate surface area is 112 Å². The second-order valence-electron chi connectivity index (χ2n) is 4.61. The molecule has 0 saturated carbocycles. The number of nitrogens with two attached hydrogens (primary N) is 1. The third-order valence-corrected chi connectivity index (χ3v) is 3.32. The average Bonchev–Trinajstić information content (AvgIpc) is 2.69. The van der Waals surface area contributed by atoms with Crippen LogP contribution in [0.15, 0.2) is 42.6 Å². The lowest BCUT2D eigenvalue weighted by Gasteiger charge is -2.20. The summed E-state index contributed by atoms with van der Waals surface area (Å²) in [6, 6.07) is 12.2. The number of ether oxygens (including phenoxy) is 1. The van der Waals surface area contributed by atoms with Crippen LogP contribution >= 0.6 is 0 Å². The van der Waals surface area contributed by atoms with Crippen LogP contribution in [-0.4, -0.2) is 18.1 Å². The van der Waals surface area contributed by atoms with Crippen LogP contribution in [0.5, 0.6) is 5.75 Å². The Morgan fingerprint density at radius 2 is 2.11 bits per heavy atom. The van der Waals surface area contributed by atoms with Crippen LogP contribution in [0, 0.1) is 0 Å². The molecule has 19 heavy (non-hydrogen) atoms. The molecule has 1 aromatic heterocycles. The van der Waals surface area contributed by atoms with Gasteiger partial charge < -0.3 is 15.4 Å². The summed E-state index contributed by atoms with van der Waals surface area (Å²) in [6.07, 6.45) is 1.84. The molecule has 4 heteroatoms. The van der Waals surface area contributed by atoms with Crippen LogP contribution < -0.4 is 15.4 Å². The number of hydrogen-bond acceptors (Lipinski definition) is 4. The van der Waals surface area contributed by atoms with E-state index in [4.69, 9.17) is 10.5 Å². The fourth-order valence-electron chi connectivity index (χ4n) is 2.25. The zero-order valence-corrected chi connectivity index (χ0v) is 10.7. The standard InChI is InChI=1S/C15H17N3O/c16-9-12-5-6-15(17-10-12)18-7-8-19-14-4-2-1-3-13(14)11-18/h1-6,10H,7-9,11,16H2. The first-order chi connectivity index (χ1) is 9.36. The Morgan fingerprint density at radius 1 is 1.21 bits per heavy atom. The van der Waals surface area contributed by atoms with Crippen LogP contribution in [0.3, 0.4) is 0 Å². The van der Waals surface area contributed by atoms with Crippen molar-refractivity contribution in [1.29, 1.82) is 0 Å². The summed E-state index contributed by atoms with van der Waals surface area (Å²) >= 11 is 0. The highest BCUT2D eigenvalue weighted by atomic mass is 16.5. The highest BCUT2D eigenvalue weighted by Crippen LogP contribution is 2.24. The summed E-state index contributed by atoms with van der Waals surface area (Å²) in [5.74, 6) is 1.95. The van der Waals surface area contributed by atoms with Gasteiger partial charge in [-0.2, -0.15) is 0 Å². The second kappa shape index (κ2) is 5.28. The van der Waals surface area contributed by atoms with Gasteiger partial charge in [0.15, 0.2) is 0 Å². The molecule has 0 spiro atoms. The number of hydrogen-bond donors (Lipinski definition) is 1. The molecule has 0 atom stereocenters. The normalized spacial score (nSPS) is 14.5. The predicted octanol–water partition coefficient (Wildman–Crippen LogP) is 1.94. The van der Waals surface area contributed by atoms with Crippen molar-refractivity contribution in [3.05, 3.63) is 53.7 Å². The lowest BCUT2D eigenvalue weighted by atomic mass is 10.2. The van der Waals surface area contributed by atoms with Crippen LogP contribution in [-0.2, 0) is 13.1 Å². The molecule has 0 bridgehead atoms. The lowest BCUT2D eigenvalue weighted by Crippen LogP contribution is -2.26. The Morgan fingerprint density at radius 3 is 2.89 bits per heavy atom. The van der Waals surface area contributed by atoms with Gasteiger partial charge in [0.2, 0.25) is 0 Å². The number of aromatic nitrogens is 1. The summed E-state index contributed by atoms with van der Waals surface area (Å²) in [5.41, 5.74) is 7.84. The lowest BCUT2D eigenvalue weighted by molar-refractivity contribution is 0.331. The van der Waals surface area contributed by atoms with Gasteiger partial charge in [-0.15, -0.1) is 0 Å². The van der Waals surface area contributed by atoms with E-state index in [1.807, 2.05) is 36.5 Å². The van der Waals surface area contributed by atoms with E-state index in [2.05, 4.69) is 16.0 Å². The van der Waals surface area contributed by atoms with E-state index < -0.39 is 0 Å². The van der Waals surface area contributed by atoms with Gasteiger partial charge in [0.25, 0.3) is 0 Å². The van der Waals surface area contributed by atoms with Gasteiger partial charge in [0.05, 0.1) is 6.54 Å². The smallest absolute Gasteiger partial charge is 0.128 e. The molecule has 0 saturated heterocycles. The van der Waals surface area contributed by atoms with Gasteiger partial charge >= 0.3 is 0 Å². The number of rotatable bonds is 2. The maximum Gasteiger partial charge on any atom is 0.128 e. The molecule has 0 radical (unpaired) electrons. The fraction of sp³-hybridized carbons (Fsp3) is 0.267. The fourth-order valence-corrected chi connectivity index (χ4v) is 2.25. The first-order valence-corrected chi connectivity index (χ1v) is 6.47. The van der Waals surface area contributed by atoms with Crippen molar-refractivity contribution in [3.63, 3.8) is 0 Å². The van der Waals surface area contributed by atoms with Crippen molar-refractivity contribution < 1.29 is 4.74 Å². The molecule has 2 heterocycles. The third kappa shape index (κ3) is 2.53. The molecule has 98 valence electrons. The Kier molecular flexibility index (Phi) is 3.33. The molecule has 3 rings (SSSR count). The quantitative estimate of drug-likeness (QED) is 0.891. The van der Waals surface area contributed by atoms with Gasteiger partial charge in [0, 0.05) is 24.8 Å². The van der Waals surface area contributed by atoms with E-state index in [0.29, 0.717) is 13.2 Å². The minimum Gasteiger partial charge on any atom is -0.491 e. The molecule has 1 aliphatic rings.